The fraction of sp³-hybridized carbons (Fsp3) is 0.909. The number of hydrogen-bond donors (Lipinski definition) is 0. The fourth-order valence-corrected chi connectivity index (χ4v) is 2.22. The minimum Gasteiger partial charge on any atom is -0.353 e. The van der Waals surface area contributed by atoms with Crippen molar-refractivity contribution in [2.75, 3.05) is 21.3 Å². The molecule has 0 saturated carbocycles. The second kappa shape index (κ2) is 4.75. The lowest BCUT2D eigenvalue weighted by atomic mass is 10.1. The zero-order valence-corrected chi connectivity index (χ0v) is 11.2. The maximum Gasteiger partial charge on any atom is 0.277 e. The number of hydroxylamine groups is 2. The smallest absolute Gasteiger partial charge is 0.277 e. The van der Waals surface area contributed by atoms with Crippen LogP contribution in [0.3, 0.4) is 0 Å². The molecule has 2 aliphatic rings. The summed E-state index contributed by atoms with van der Waals surface area (Å²) in [4.78, 5) is 16.9. The molecule has 0 aliphatic carbocycles. The van der Waals surface area contributed by atoms with Gasteiger partial charge in [0, 0.05) is 14.2 Å². The molecular formula is C11H19NO6. The summed E-state index contributed by atoms with van der Waals surface area (Å²) in [6, 6.07) is 0. The van der Waals surface area contributed by atoms with Gasteiger partial charge in [-0.15, -0.1) is 0 Å². The molecule has 2 rings (SSSR count). The van der Waals surface area contributed by atoms with E-state index in [4.69, 9.17) is 23.8 Å². The summed E-state index contributed by atoms with van der Waals surface area (Å²) in [5.41, 5.74) is 0. The third kappa shape index (κ3) is 2.24. The predicted molar refractivity (Wildman–Crippen MR) is 59.3 cm³/mol. The molecule has 104 valence electrons. The standard InChI is InChI=1S/C11H19NO6/c1-11(2)17-6-7(9(13)12(3)15-5)16-10(14-4)8(6)18-11/h6-8,10H,1-5H3/t6-,7+,8-,10-/m1/s1. The van der Waals surface area contributed by atoms with Crippen molar-refractivity contribution in [1.82, 2.24) is 5.06 Å². The number of hydrogen-bond acceptors (Lipinski definition) is 6. The Morgan fingerprint density at radius 2 is 1.83 bits per heavy atom. The molecule has 0 unspecified atom stereocenters. The number of amides is 1. The van der Waals surface area contributed by atoms with E-state index in [1.54, 1.807) is 13.8 Å². The van der Waals surface area contributed by atoms with Crippen molar-refractivity contribution >= 4 is 5.91 Å². The van der Waals surface area contributed by atoms with E-state index in [1.165, 1.54) is 21.3 Å². The SMILES string of the molecule is CO[C@@H]1O[C@H](C(=O)N(C)OC)[C@H]2OC(C)(C)O[C@@H]12. The van der Waals surface area contributed by atoms with E-state index >= 15 is 0 Å². The predicted octanol–water partition coefficient (Wildman–Crippen LogP) is -0.102. The van der Waals surface area contributed by atoms with Gasteiger partial charge in [-0.25, -0.2) is 5.06 Å². The average Bonchev–Trinajstić information content (AvgIpc) is 2.80. The molecular weight excluding hydrogens is 242 g/mol. The first kappa shape index (κ1) is 13.7. The Morgan fingerprint density at radius 3 is 2.39 bits per heavy atom. The molecule has 2 fully saturated rings. The van der Waals surface area contributed by atoms with Crippen molar-refractivity contribution in [3.8, 4) is 0 Å². The number of carbonyl (C=O) groups is 1. The highest BCUT2D eigenvalue weighted by atomic mass is 16.8. The highest BCUT2D eigenvalue weighted by Gasteiger charge is 2.58. The van der Waals surface area contributed by atoms with Gasteiger partial charge >= 0.3 is 0 Å². The maximum atomic E-state index is 12.1. The van der Waals surface area contributed by atoms with Gasteiger partial charge in [-0.2, -0.15) is 0 Å². The van der Waals surface area contributed by atoms with Crippen molar-refractivity contribution in [1.29, 1.82) is 0 Å². The molecule has 0 aromatic heterocycles. The van der Waals surface area contributed by atoms with Crippen LogP contribution in [0.4, 0.5) is 0 Å². The van der Waals surface area contributed by atoms with Crippen LogP contribution in [0, 0.1) is 0 Å². The van der Waals surface area contributed by atoms with Crippen molar-refractivity contribution in [2.45, 2.75) is 44.2 Å². The zero-order valence-electron chi connectivity index (χ0n) is 11.2. The van der Waals surface area contributed by atoms with Crippen molar-refractivity contribution in [3.05, 3.63) is 0 Å². The summed E-state index contributed by atoms with van der Waals surface area (Å²) in [5, 5.41) is 1.11. The lowest BCUT2D eigenvalue weighted by Crippen LogP contribution is -2.43. The topological polar surface area (TPSA) is 66.5 Å². The largest absolute Gasteiger partial charge is 0.353 e. The molecule has 18 heavy (non-hydrogen) atoms. The minimum absolute atomic E-state index is 0.326. The van der Waals surface area contributed by atoms with Crippen LogP contribution in [0.2, 0.25) is 0 Å². The van der Waals surface area contributed by atoms with Crippen LogP contribution in [-0.2, 0) is 28.6 Å². The molecule has 0 N–H and O–H groups in total. The van der Waals surface area contributed by atoms with Crippen LogP contribution >= 0.6 is 0 Å². The molecule has 2 aliphatic heterocycles. The van der Waals surface area contributed by atoms with Gasteiger partial charge in [0.05, 0.1) is 7.11 Å². The highest BCUT2D eigenvalue weighted by molar-refractivity contribution is 5.81. The molecule has 1 amide bonds. The molecule has 0 aromatic carbocycles. The number of methoxy groups -OCH3 is 1. The molecule has 7 nitrogen and oxygen atoms in total. The van der Waals surface area contributed by atoms with Gasteiger partial charge in [-0.1, -0.05) is 0 Å². The average molecular weight is 261 g/mol. The quantitative estimate of drug-likeness (QED) is 0.661. The van der Waals surface area contributed by atoms with Crippen LogP contribution in [0.25, 0.3) is 0 Å². The second-order valence-corrected chi connectivity index (χ2v) is 4.74. The van der Waals surface area contributed by atoms with E-state index in [0.717, 1.165) is 5.06 Å². The molecule has 2 saturated heterocycles. The number of nitrogens with zero attached hydrogens (tertiary/aromatic N) is 1. The summed E-state index contributed by atoms with van der Waals surface area (Å²) in [5.74, 6) is -1.08. The lowest BCUT2D eigenvalue weighted by Gasteiger charge is -2.24. The molecule has 0 aromatic rings. The Bertz CT molecular complexity index is 333. The maximum absolute atomic E-state index is 12.1. The second-order valence-electron chi connectivity index (χ2n) is 4.74. The van der Waals surface area contributed by atoms with Crippen molar-refractivity contribution < 1.29 is 28.6 Å². The number of ether oxygens (including phenoxy) is 4. The Hall–Kier alpha value is -0.730. The van der Waals surface area contributed by atoms with E-state index in [1.807, 2.05) is 0 Å². The first-order valence-electron chi connectivity index (χ1n) is 5.75. The monoisotopic (exact) mass is 261 g/mol. The van der Waals surface area contributed by atoms with Crippen LogP contribution in [0.1, 0.15) is 13.8 Å². The third-order valence-electron chi connectivity index (χ3n) is 3.07. The summed E-state index contributed by atoms with van der Waals surface area (Å²) < 4.78 is 22.1. The van der Waals surface area contributed by atoms with Gasteiger partial charge in [0.15, 0.2) is 18.2 Å². The van der Waals surface area contributed by atoms with E-state index < -0.39 is 30.4 Å². The third-order valence-corrected chi connectivity index (χ3v) is 3.07. The van der Waals surface area contributed by atoms with Crippen LogP contribution in [-0.4, -0.2) is 62.6 Å². The number of fused-ring (bicyclic) bond motifs is 1. The first-order valence-corrected chi connectivity index (χ1v) is 5.75. The molecule has 7 heteroatoms. The number of carbonyl (C=O) groups excluding carboxylic acids is 1. The highest BCUT2D eigenvalue weighted by Crippen LogP contribution is 2.39. The first-order chi connectivity index (χ1) is 8.39. The molecule has 2 heterocycles. The summed E-state index contributed by atoms with van der Waals surface area (Å²) in [6.07, 6.45) is -2.30. The number of likely N-dealkylation sites (N-methyl/N-ethyl adjacent to an activating group) is 1. The van der Waals surface area contributed by atoms with Crippen molar-refractivity contribution in [2.24, 2.45) is 0 Å². The summed E-state index contributed by atoms with van der Waals surface area (Å²) in [6.45, 7) is 3.58. The molecule has 0 bridgehead atoms. The van der Waals surface area contributed by atoms with Gasteiger partial charge in [0.2, 0.25) is 0 Å². The Kier molecular flexibility index (Phi) is 3.61. The Balaban J connectivity index is 2.16. The van der Waals surface area contributed by atoms with Gasteiger partial charge in [-0.3, -0.25) is 9.63 Å². The van der Waals surface area contributed by atoms with Gasteiger partial charge in [0.25, 0.3) is 5.91 Å². The molecule has 0 spiro atoms. The molecule has 0 radical (unpaired) electrons. The molecule has 4 atom stereocenters. The van der Waals surface area contributed by atoms with Gasteiger partial charge < -0.3 is 18.9 Å². The van der Waals surface area contributed by atoms with Crippen LogP contribution < -0.4 is 0 Å². The number of rotatable bonds is 3. The fourth-order valence-electron chi connectivity index (χ4n) is 2.22. The lowest BCUT2D eigenvalue weighted by molar-refractivity contribution is -0.234. The van der Waals surface area contributed by atoms with Gasteiger partial charge in [0.1, 0.15) is 12.2 Å². The minimum atomic E-state index is -0.785. The van der Waals surface area contributed by atoms with E-state index in [-0.39, 0.29) is 5.91 Å². The van der Waals surface area contributed by atoms with E-state index in [9.17, 15) is 4.79 Å². The zero-order chi connectivity index (χ0) is 13.5. The summed E-state index contributed by atoms with van der Waals surface area (Å²) >= 11 is 0. The van der Waals surface area contributed by atoms with Crippen LogP contribution in [0.15, 0.2) is 0 Å². The van der Waals surface area contributed by atoms with Crippen molar-refractivity contribution in [3.63, 3.8) is 0 Å². The normalized spacial score (nSPS) is 37.6. The van der Waals surface area contributed by atoms with Gasteiger partial charge in [-0.05, 0) is 13.8 Å². The Labute approximate surface area is 106 Å². The van der Waals surface area contributed by atoms with E-state index in [2.05, 4.69) is 0 Å². The van der Waals surface area contributed by atoms with E-state index in [0.29, 0.717) is 0 Å². The van der Waals surface area contributed by atoms with Crippen LogP contribution in [0.5, 0.6) is 0 Å². The summed E-state index contributed by atoms with van der Waals surface area (Å²) in [7, 11) is 4.43. The Morgan fingerprint density at radius 1 is 1.22 bits per heavy atom.